The van der Waals surface area contributed by atoms with Gasteiger partial charge in [-0.3, -0.25) is 48.1 Å². The van der Waals surface area contributed by atoms with E-state index in [1.807, 2.05) is 27.7 Å². The fraction of sp³-hybridized carbons (Fsp3) is 0.540. The summed E-state index contributed by atoms with van der Waals surface area (Å²) in [6, 6.07) is 9.41. The number of nitrogens with zero attached hydrogens (tertiary/aromatic N) is 1. The maximum Gasteiger partial charge on any atom is 0.326 e. The van der Waals surface area contributed by atoms with Crippen molar-refractivity contribution in [1.29, 1.82) is 0 Å². The molecular formula is C50H77N13O11S. The number of carbonyl (C=O) groups excluding carboxylic acids is 9. The SMILES string of the molecule is CSCC[C@H](NC(=O)[C@H](CC(C)C)NC(=O)CNC(=O)[C@H](Cc1ccccc1)NC(=O)[C@H](Cc1ccccc1)NC(=O)CNC(=O)[C@H](CC(C)C)NC(=O)CNC(=O)[C@H](C)NC(=O)[C@@H](N)CCCN=C(N)N)C(=O)O. The number of carboxylic acid groups (broad SMARTS) is 1. The minimum atomic E-state index is -1.29. The number of carbonyl (C=O) groups is 10. The van der Waals surface area contributed by atoms with Gasteiger partial charge in [-0.1, -0.05) is 88.4 Å². The number of aliphatic carboxylic acids is 1. The van der Waals surface area contributed by atoms with Crippen LogP contribution < -0.4 is 65.1 Å². The molecule has 16 N–H and O–H groups in total. The van der Waals surface area contributed by atoms with E-state index in [2.05, 4.69) is 52.8 Å². The molecule has 0 saturated heterocycles. The van der Waals surface area contributed by atoms with E-state index in [4.69, 9.17) is 17.2 Å². The van der Waals surface area contributed by atoms with Crippen LogP contribution in [0, 0.1) is 11.8 Å². The summed E-state index contributed by atoms with van der Waals surface area (Å²) in [7, 11) is 0. The highest BCUT2D eigenvalue weighted by Crippen LogP contribution is 2.10. The van der Waals surface area contributed by atoms with E-state index in [9.17, 15) is 53.1 Å². The van der Waals surface area contributed by atoms with E-state index < -0.39 is 121 Å². The zero-order chi connectivity index (χ0) is 56.0. The van der Waals surface area contributed by atoms with E-state index >= 15 is 0 Å². The van der Waals surface area contributed by atoms with Gasteiger partial charge in [0.05, 0.1) is 25.7 Å². The summed E-state index contributed by atoms with van der Waals surface area (Å²) < 4.78 is 0. The Labute approximate surface area is 442 Å². The number of amides is 9. The van der Waals surface area contributed by atoms with Crippen molar-refractivity contribution in [2.45, 2.75) is 122 Å². The molecule has 2 aromatic carbocycles. The van der Waals surface area contributed by atoms with Crippen LogP contribution in [0.5, 0.6) is 0 Å². The van der Waals surface area contributed by atoms with Gasteiger partial charge in [-0.25, -0.2) is 4.79 Å². The van der Waals surface area contributed by atoms with Gasteiger partial charge in [0.25, 0.3) is 0 Å². The molecule has 0 bridgehead atoms. The van der Waals surface area contributed by atoms with Crippen LogP contribution in [0.3, 0.4) is 0 Å². The molecule has 2 aromatic rings. The molecular weight excluding hydrogens is 991 g/mol. The van der Waals surface area contributed by atoms with Crippen LogP contribution in [0.25, 0.3) is 0 Å². The summed E-state index contributed by atoms with van der Waals surface area (Å²) in [4.78, 5) is 135. The van der Waals surface area contributed by atoms with E-state index in [0.29, 0.717) is 23.3 Å². The molecule has 9 amide bonds. The van der Waals surface area contributed by atoms with Crippen LogP contribution in [0.2, 0.25) is 0 Å². The fourth-order valence-corrected chi connectivity index (χ4v) is 7.71. The normalized spacial score (nSPS) is 13.7. The topological polar surface area (TPSA) is 390 Å². The van der Waals surface area contributed by atoms with Crippen molar-refractivity contribution in [3.05, 3.63) is 71.8 Å². The van der Waals surface area contributed by atoms with Crippen molar-refractivity contribution >= 4 is 76.9 Å². The standard InChI is InChI=1S/C50H77N13O11S/c1-29(2)22-36(59-40(64)26-55-43(67)31(5)58-44(68)34(51)18-13-20-54-50(52)53)45(69)56-28-42(66)61-39(25-33-16-11-8-12-17-33)48(72)63-38(24-32-14-9-7-10-15-32)46(70)57-27-41(65)60-37(23-30(3)4)47(71)62-35(49(73)74)19-21-75-6/h7-12,14-17,29-31,34-39H,13,18-28,51H2,1-6H3,(H,55,67)(H,56,69)(H,57,70)(H,58,68)(H,59,64)(H,60,65)(H,61,66)(H,62,71)(H,63,72)(H,73,74)(H4,52,53,54)/t31-,34-,35-,36-,37-,38-,39-/m0/s1. The molecule has 0 radical (unpaired) electrons. The molecule has 24 nitrogen and oxygen atoms in total. The number of aliphatic imine (C=N–C) groups is 1. The maximum atomic E-state index is 14.2. The second-order valence-electron chi connectivity index (χ2n) is 18.7. The number of hydrogen-bond donors (Lipinski definition) is 13. The van der Waals surface area contributed by atoms with E-state index in [1.54, 1.807) is 66.9 Å². The highest BCUT2D eigenvalue weighted by atomic mass is 32.2. The highest BCUT2D eigenvalue weighted by molar-refractivity contribution is 7.98. The van der Waals surface area contributed by atoms with Gasteiger partial charge in [-0.2, -0.15) is 11.8 Å². The molecule has 7 atom stereocenters. The molecule has 414 valence electrons. The molecule has 2 rings (SSSR count). The lowest BCUT2D eigenvalue weighted by molar-refractivity contribution is -0.142. The fourth-order valence-electron chi connectivity index (χ4n) is 7.24. The lowest BCUT2D eigenvalue weighted by Crippen LogP contribution is -2.57. The average Bonchev–Trinajstić information content (AvgIpc) is 3.35. The van der Waals surface area contributed by atoms with Crippen LogP contribution in [-0.2, 0) is 60.8 Å². The summed E-state index contributed by atoms with van der Waals surface area (Å²) in [6.45, 7) is 7.16. The molecule has 0 saturated carbocycles. The molecule has 0 aliphatic heterocycles. The van der Waals surface area contributed by atoms with Crippen molar-refractivity contribution < 1.29 is 53.1 Å². The van der Waals surface area contributed by atoms with Crippen molar-refractivity contribution in [3.8, 4) is 0 Å². The van der Waals surface area contributed by atoms with Crippen molar-refractivity contribution in [3.63, 3.8) is 0 Å². The van der Waals surface area contributed by atoms with Gasteiger partial charge < -0.3 is 70.2 Å². The molecule has 0 aliphatic carbocycles. The second-order valence-corrected chi connectivity index (χ2v) is 19.7. The number of thioether (sulfide) groups is 1. The molecule has 0 unspecified atom stereocenters. The van der Waals surface area contributed by atoms with Gasteiger partial charge >= 0.3 is 5.97 Å². The van der Waals surface area contributed by atoms with Gasteiger partial charge in [-0.15, -0.1) is 0 Å². The maximum absolute atomic E-state index is 14.2. The summed E-state index contributed by atoms with van der Waals surface area (Å²) >= 11 is 1.42. The van der Waals surface area contributed by atoms with Gasteiger partial charge in [-0.05, 0) is 74.0 Å². The van der Waals surface area contributed by atoms with Crippen LogP contribution >= 0.6 is 11.8 Å². The second kappa shape index (κ2) is 34.3. The molecule has 0 aromatic heterocycles. The third kappa shape index (κ3) is 26.5. The first-order chi connectivity index (χ1) is 35.5. The lowest BCUT2D eigenvalue weighted by Gasteiger charge is -2.25. The summed E-state index contributed by atoms with van der Waals surface area (Å²) in [5.74, 6) is -7.53. The minimum Gasteiger partial charge on any atom is -0.480 e. The summed E-state index contributed by atoms with van der Waals surface area (Å²) in [5, 5.41) is 32.5. The minimum absolute atomic E-state index is 0.0340. The Morgan fingerprint density at radius 2 is 0.947 bits per heavy atom. The first kappa shape index (κ1) is 63.8. The van der Waals surface area contributed by atoms with Crippen LogP contribution in [0.4, 0.5) is 0 Å². The monoisotopic (exact) mass is 1070 g/mol. The third-order valence-electron chi connectivity index (χ3n) is 11.1. The van der Waals surface area contributed by atoms with Gasteiger partial charge in [0, 0.05) is 19.4 Å². The van der Waals surface area contributed by atoms with E-state index in [1.165, 1.54) is 18.7 Å². The van der Waals surface area contributed by atoms with Gasteiger partial charge in [0.2, 0.25) is 53.2 Å². The lowest BCUT2D eigenvalue weighted by atomic mass is 10.0. The number of nitrogens with one attached hydrogen (secondary N) is 9. The van der Waals surface area contributed by atoms with Crippen molar-refractivity contribution in [2.75, 3.05) is 38.2 Å². The Hall–Kier alpha value is -7.28. The Bertz CT molecular complexity index is 2230. The van der Waals surface area contributed by atoms with Gasteiger partial charge in [0.1, 0.15) is 36.3 Å². The van der Waals surface area contributed by atoms with Crippen molar-refractivity contribution in [2.24, 2.45) is 34.0 Å². The Kier molecular flexibility index (Phi) is 29.2. The first-order valence-electron chi connectivity index (χ1n) is 24.7. The molecule has 0 fully saturated rings. The predicted molar refractivity (Wildman–Crippen MR) is 284 cm³/mol. The van der Waals surface area contributed by atoms with Gasteiger partial charge in [0.15, 0.2) is 5.96 Å². The number of nitrogens with two attached hydrogens (primary N) is 3. The molecule has 75 heavy (non-hydrogen) atoms. The predicted octanol–water partition coefficient (Wildman–Crippen LogP) is -1.94. The number of hydrogen-bond acceptors (Lipinski definition) is 13. The number of benzene rings is 2. The number of carboxylic acids is 1. The largest absolute Gasteiger partial charge is 0.480 e. The van der Waals surface area contributed by atoms with Crippen LogP contribution in [0.1, 0.15) is 77.8 Å². The molecule has 0 spiro atoms. The van der Waals surface area contributed by atoms with E-state index in [-0.39, 0.29) is 62.9 Å². The van der Waals surface area contributed by atoms with Crippen molar-refractivity contribution in [1.82, 2.24) is 47.9 Å². The quantitative estimate of drug-likeness (QED) is 0.0206. The smallest absolute Gasteiger partial charge is 0.326 e. The molecule has 25 heteroatoms. The average molecular weight is 1070 g/mol. The Balaban J connectivity index is 2.16. The third-order valence-corrected chi connectivity index (χ3v) is 11.8. The first-order valence-corrected chi connectivity index (χ1v) is 26.1. The van der Waals surface area contributed by atoms with Crippen LogP contribution in [-0.4, -0.2) is 151 Å². The Morgan fingerprint density at radius 1 is 0.533 bits per heavy atom. The molecule has 0 aliphatic rings. The Morgan fingerprint density at radius 3 is 1.40 bits per heavy atom. The summed E-state index contributed by atoms with van der Waals surface area (Å²) in [5.41, 5.74) is 17.8. The van der Waals surface area contributed by atoms with E-state index in [0.717, 1.165) is 0 Å². The molecule has 0 heterocycles. The highest BCUT2D eigenvalue weighted by Gasteiger charge is 2.31. The van der Waals surface area contributed by atoms with Crippen LogP contribution in [0.15, 0.2) is 65.7 Å². The zero-order valence-corrected chi connectivity index (χ0v) is 44.4. The number of guanidine groups is 1. The summed E-state index contributed by atoms with van der Waals surface area (Å²) in [6.07, 6.45) is 2.89. The zero-order valence-electron chi connectivity index (χ0n) is 43.6. The number of rotatable bonds is 34.